The van der Waals surface area contributed by atoms with Gasteiger partial charge in [-0.3, -0.25) is 9.36 Å². The van der Waals surface area contributed by atoms with Gasteiger partial charge in [0.15, 0.2) is 4.80 Å². The Morgan fingerprint density at radius 2 is 1.95 bits per heavy atom. The molecular weight excluding hydrogens is 560 g/mol. The summed E-state index contributed by atoms with van der Waals surface area (Å²) >= 11 is 7.38. The maximum absolute atomic E-state index is 14.1. The van der Waals surface area contributed by atoms with Crippen molar-refractivity contribution in [1.82, 2.24) is 4.57 Å². The summed E-state index contributed by atoms with van der Waals surface area (Å²) in [4.78, 5) is 32.6. The van der Waals surface area contributed by atoms with Crippen LogP contribution in [0.2, 0.25) is 5.02 Å². The van der Waals surface area contributed by atoms with Crippen LogP contribution < -0.4 is 19.6 Å². The third-order valence-corrected chi connectivity index (χ3v) is 8.17. The second-order valence-corrected chi connectivity index (χ2v) is 10.9. The number of fused-ring (bicyclic) bond motifs is 2. The summed E-state index contributed by atoms with van der Waals surface area (Å²) in [6.45, 7) is 3.70. The first-order valence-electron chi connectivity index (χ1n) is 13.0. The molecule has 206 valence electrons. The van der Waals surface area contributed by atoms with Crippen LogP contribution in [-0.2, 0) is 9.53 Å². The zero-order valence-electron chi connectivity index (χ0n) is 22.5. The predicted molar refractivity (Wildman–Crippen MR) is 160 cm³/mol. The maximum Gasteiger partial charge on any atom is 0.338 e. The zero-order valence-corrected chi connectivity index (χ0v) is 24.1. The highest BCUT2D eigenvalue weighted by molar-refractivity contribution is 7.07. The molecule has 0 saturated heterocycles. The van der Waals surface area contributed by atoms with E-state index in [4.69, 9.17) is 25.5 Å². The van der Waals surface area contributed by atoms with Gasteiger partial charge in [-0.15, -0.1) is 0 Å². The Morgan fingerprint density at radius 3 is 2.73 bits per heavy atom. The van der Waals surface area contributed by atoms with E-state index in [0.717, 1.165) is 16.3 Å². The molecule has 0 aliphatic carbocycles. The molecule has 0 saturated carbocycles. The second-order valence-electron chi connectivity index (χ2n) is 9.42. The van der Waals surface area contributed by atoms with Gasteiger partial charge in [-0.25, -0.2) is 9.79 Å². The maximum atomic E-state index is 14.1. The van der Waals surface area contributed by atoms with Gasteiger partial charge in [0, 0.05) is 22.2 Å². The molecule has 0 bridgehead atoms. The summed E-state index contributed by atoms with van der Waals surface area (Å²) in [5, 5.41) is 2.41. The van der Waals surface area contributed by atoms with E-state index in [9.17, 15) is 9.59 Å². The van der Waals surface area contributed by atoms with E-state index in [-0.39, 0.29) is 12.2 Å². The van der Waals surface area contributed by atoms with Crippen molar-refractivity contribution in [3.8, 4) is 17.1 Å². The molecule has 1 aliphatic rings. The summed E-state index contributed by atoms with van der Waals surface area (Å²) in [5.41, 5.74) is 2.00. The van der Waals surface area contributed by atoms with Crippen LogP contribution in [0.5, 0.6) is 5.75 Å². The number of nitrogens with zero attached hydrogens (tertiary/aromatic N) is 2. The Morgan fingerprint density at radius 1 is 1.12 bits per heavy atom. The normalized spacial score (nSPS) is 15.1. The van der Waals surface area contributed by atoms with E-state index in [0.29, 0.717) is 48.5 Å². The lowest BCUT2D eigenvalue weighted by molar-refractivity contribution is -0.139. The van der Waals surface area contributed by atoms with Crippen LogP contribution in [0, 0.1) is 0 Å². The molecule has 6 rings (SSSR count). The average molecular weight is 585 g/mol. The predicted octanol–water partition coefficient (Wildman–Crippen LogP) is 5.87. The monoisotopic (exact) mass is 584 g/mol. The molecule has 1 atom stereocenters. The Labute approximate surface area is 244 Å². The highest BCUT2D eigenvalue weighted by Crippen LogP contribution is 2.40. The highest BCUT2D eigenvalue weighted by Gasteiger charge is 2.36. The van der Waals surface area contributed by atoms with E-state index in [1.165, 1.54) is 11.3 Å². The van der Waals surface area contributed by atoms with Crippen LogP contribution in [0.4, 0.5) is 0 Å². The summed E-state index contributed by atoms with van der Waals surface area (Å²) in [6, 6.07) is 21.8. The first-order chi connectivity index (χ1) is 19.9. The van der Waals surface area contributed by atoms with E-state index in [2.05, 4.69) is 4.99 Å². The molecule has 1 aliphatic heterocycles. The van der Waals surface area contributed by atoms with Crippen LogP contribution in [0.1, 0.15) is 31.2 Å². The number of furan rings is 1. The molecule has 0 spiro atoms. The molecule has 3 heterocycles. The highest BCUT2D eigenvalue weighted by atomic mass is 35.5. The van der Waals surface area contributed by atoms with Crippen LogP contribution in [0.3, 0.4) is 0 Å². The number of carbonyl (C=O) groups excluding carboxylic acids is 1. The first-order valence-corrected chi connectivity index (χ1v) is 14.2. The summed E-state index contributed by atoms with van der Waals surface area (Å²) < 4.78 is 19.3. The van der Waals surface area contributed by atoms with E-state index < -0.39 is 12.0 Å². The van der Waals surface area contributed by atoms with Crippen molar-refractivity contribution in [1.29, 1.82) is 0 Å². The van der Waals surface area contributed by atoms with E-state index in [1.54, 1.807) is 43.7 Å². The SMILES string of the molecule is CCOC(=O)C1=C(C)N=c2s/c(=C\c3ccc(-c4cccc(Cl)c4)o3)c(=O)n2C1c1c(OC)ccc2ccccc12. The van der Waals surface area contributed by atoms with Gasteiger partial charge in [0.2, 0.25) is 0 Å². The lowest BCUT2D eigenvalue weighted by Gasteiger charge is -2.27. The molecule has 1 unspecified atom stereocenters. The van der Waals surface area contributed by atoms with Gasteiger partial charge in [-0.05, 0) is 55.0 Å². The second kappa shape index (κ2) is 10.9. The fourth-order valence-corrected chi connectivity index (χ4v) is 6.37. The van der Waals surface area contributed by atoms with Crippen LogP contribution >= 0.6 is 22.9 Å². The van der Waals surface area contributed by atoms with Gasteiger partial charge in [0.1, 0.15) is 23.3 Å². The summed E-state index contributed by atoms with van der Waals surface area (Å²) in [5.74, 6) is 1.16. The number of hydrogen-bond donors (Lipinski definition) is 0. The summed E-state index contributed by atoms with van der Waals surface area (Å²) in [7, 11) is 1.58. The Bertz CT molecular complexity index is 2030. The number of benzene rings is 3. The van der Waals surface area contributed by atoms with Crippen molar-refractivity contribution in [2.45, 2.75) is 19.9 Å². The lowest BCUT2D eigenvalue weighted by atomic mass is 9.90. The number of esters is 1. The quantitative estimate of drug-likeness (QED) is 0.233. The number of ether oxygens (including phenoxy) is 2. The molecule has 9 heteroatoms. The molecule has 2 aromatic heterocycles. The number of halogens is 1. The fourth-order valence-electron chi connectivity index (χ4n) is 5.16. The number of hydrogen-bond acceptors (Lipinski definition) is 7. The minimum Gasteiger partial charge on any atom is -0.496 e. The topological polar surface area (TPSA) is 83.0 Å². The van der Waals surface area contributed by atoms with Gasteiger partial charge in [0.25, 0.3) is 5.56 Å². The van der Waals surface area contributed by atoms with E-state index in [1.807, 2.05) is 60.7 Å². The van der Waals surface area contributed by atoms with E-state index >= 15 is 0 Å². The van der Waals surface area contributed by atoms with Gasteiger partial charge in [0.05, 0.1) is 29.5 Å². The van der Waals surface area contributed by atoms with Crippen molar-refractivity contribution in [2.75, 3.05) is 13.7 Å². The van der Waals surface area contributed by atoms with Crippen molar-refractivity contribution in [2.24, 2.45) is 4.99 Å². The van der Waals surface area contributed by atoms with Crippen LogP contribution in [0.15, 0.2) is 98.3 Å². The smallest absolute Gasteiger partial charge is 0.338 e. The third kappa shape index (κ3) is 4.79. The first kappa shape index (κ1) is 26.8. The lowest BCUT2D eigenvalue weighted by Crippen LogP contribution is -2.40. The Kier molecular flexibility index (Phi) is 7.11. The zero-order chi connectivity index (χ0) is 28.7. The minimum absolute atomic E-state index is 0.187. The van der Waals surface area contributed by atoms with Gasteiger partial charge < -0.3 is 13.9 Å². The van der Waals surface area contributed by atoms with Gasteiger partial charge >= 0.3 is 5.97 Å². The molecule has 3 aromatic carbocycles. The number of carbonyl (C=O) groups is 1. The Balaban J connectivity index is 1.57. The third-order valence-electron chi connectivity index (χ3n) is 6.95. The summed E-state index contributed by atoms with van der Waals surface area (Å²) in [6.07, 6.45) is 1.69. The minimum atomic E-state index is -0.813. The average Bonchev–Trinajstić information content (AvgIpc) is 3.56. The number of rotatable bonds is 6. The van der Waals surface area contributed by atoms with Crippen molar-refractivity contribution >= 4 is 45.8 Å². The number of allylic oxidation sites excluding steroid dienone is 1. The molecule has 0 amide bonds. The largest absolute Gasteiger partial charge is 0.496 e. The fraction of sp³-hybridized carbons (Fsp3) is 0.156. The van der Waals surface area contributed by atoms with Crippen molar-refractivity contribution in [3.05, 3.63) is 120 Å². The number of thiazole rings is 1. The molecule has 0 radical (unpaired) electrons. The molecule has 0 N–H and O–H groups in total. The van der Waals surface area contributed by atoms with Crippen LogP contribution in [-0.4, -0.2) is 24.3 Å². The van der Waals surface area contributed by atoms with Crippen LogP contribution in [0.25, 0.3) is 28.2 Å². The van der Waals surface area contributed by atoms with Gasteiger partial charge in [-0.1, -0.05) is 65.4 Å². The number of methoxy groups -OCH3 is 1. The van der Waals surface area contributed by atoms with Crippen molar-refractivity contribution in [3.63, 3.8) is 0 Å². The molecule has 5 aromatic rings. The Hall–Kier alpha value is -4.40. The molecule has 0 fully saturated rings. The molecule has 7 nitrogen and oxygen atoms in total. The standard InChI is InChI=1S/C32H25ClN2O5S/c1-4-39-31(37)27-18(2)34-32-35(29(27)28-23-11-6-5-8-19(23)12-14-25(28)38-3)30(36)26(41-32)17-22-13-15-24(40-22)20-9-7-10-21(33)16-20/h5-17,29H,4H2,1-3H3/b26-17-. The van der Waals surface area contributed by atoms with Gasteiger partial charge in [-0.2, -0.15) is 0 Å². The number of aromatic nitrogens is 1. The van der Waals surface area contributed by atoms with Crippen molar-refractivity contribution < 1.29 is 18.7 Å². The molecule has 41 heavy (non-hydrogen) atoms. The molecular formula is C32H25ClN2O5S.